The summed E-state index contributed by atoms with van der Waals surface area (Å²) < 4.78 is 15.3. The number of rotatable bonds is 7. The largest absolute Gasteiger partial charge is 0.493 e. The van der Waals surface area contributed by atoms with Crippen molar-refractivity contribution in [1.82, 2.24) is 10.6 Å². The van der Waals surface area contributed by atoms with Crippen LogP contribution in [0.15, 0.2) is 18.2 Å². The molecule has 1 fully saturated rings. The number of carbonyl (C=O) groups is 2. The standard InChI is InChI=1S/C18H26N2O5/c1-23-15-7-6-12(9-16(15)24-2)14(10-17(21)25-3)20-18(22)13-5-4-8-19-11-13/h6-7,9,13-14,19H,4-5,8,10-11H2,1-3H3,(H,20,22). The Morgan fingerprint density at radius 3 is 2.60 bits per heavy atom. The minimum atomic E-state index is -0.485. The molecule has 2 atom stereocenters. The molecule has 0 saturated carbocycles. The highest BCUT2D eigenvalue weighted by atomic mass is 16.5. The fourth-order valence-electron chi connectivity index (χ4n) is 2.94. The predicted octanol–water partition coefficient (Wildman–Crippen LogP) is 1.42. The Hall–Kier alpha value is -2.28. The van der Waals surface area contributed by atoms with Gasteiger partial charge in [-0.2, -0.15) is 0 Å². The normalized spacial score (nSPS) is 18.1. The number of hydrogen-bond donors (Lipinski definition) is 2. The van der Waals surface area contributed by atoms with Crippen LogP contribution in [0.5, 0.6) is 11.5 Å². The Bertz CT molecular complexity index is 599. The summed E-state index contributed by atoms with van der Waals surface area (Å²) in [6.07, 6.45) is 1.86. The molecule has 0 bridgehead atoms. The minimum absolute atomic E-state index is 0.0534. The minimum Gasteiger partial charge on any atom is -0.493 e. The van der Waals surface area contributed by atoms with Crippen LogP contribution >= 0.6 is 0 Å². The molecule has 7 nitrogen and oxygen atoms in total. The average Bonchev–Trinajstić information content (AvgIpc) is 2.67. The molecule has 1 amide bonds. The van der Waals surface area contributed by atoms with E-state index in [1.807, 2.05) is 6.07 Å². The van der Waals surface area contributed by atoms with Crippen LogP contribution in [0.3, 0.4) is 0 Å². The van der Waals surface area contributed by atoms with Gasteiger partial charge in [-0.15, -0.1) is 0 Å². The molecule has 1 saturated heterocycles. The summed E-state index contributed by atoms with van der Waals surface area (Å²) in [4.78, 5) is 24.4. The molecule has 0 aromatic heterocycles. The quantitative estimate of drug-likeness (QED) is 0.724. The van der Waals surface area contributed by atoms with Crippen LogP contribution in [0.4, 0.5) is 0 Å². The van der Waals surface area contributed by atoms with Crippen molar-refractivity contribution in [1.29, 1.82) is 0 Å². The number of esters is 1. The fraction of sp³-hybridized carbons (Fsp3) is 0.556. The molecule has 2 N–H and O–H groups in total. The van der Waals surface area contributed by atoms with Gasteiger partial charge in [-0.25, -0.2) is 0 Å². The van der Waals surface area contributed by atoms with Gasteiger partial charge in [-0.3, -0.25) is 9.59 Å². The van der Waals surface area contributed by atoms with Crippen molar-refractivity contribution in [2.45, 2.75) is 25.3 Å². The van der Waals surface area contributed by atoms with E-state index >= 15 is 0 Å². The molecule has 1 aromatic rings. The van der Waals surface area contributed by atoms with Crippen molar-refractivity contribution in [2.75, 3.05) is 34.4 Å². The number of nitrogens with one attached hydrogen (secondary N) is 2. The van der Waals surface area contributed by atoms with Crippen LogP contribution in [-0.4, -0.2) is 46.3 Å². The molecule has 1 aliphatic heterocycles. The van der Waals surface area contributed by atoms with Gasteiger partial charge in [0.25, 0.3) is 0 Å². The third kappa shape index (κ3) is 5.09. The maximum absolute atomic E-state index is 12.6. The summed E-state index contributed by atoms with van der Waals surface area (Å²) in [6, 6.07) is 4.86. The lowest BCUT2D eigenvalue weighted by atomic mass is 9.96. The van der Waals surface area contributed by atoms with E-state index in [2.05, 4.69) is 10.6 Å². The van der Waals surface area contributed by atoms with E-state index in [0.717, 1.165) is 24.9 Å². The number of piperidine rings is 1. The Morgan fingerprint density at radius 2 is 2.00 bits per heavy atom. The lowest BCUT2D eigenvalue weighted by Gasteiger charge is -2.25. The highest BCUT2D eigenvalue weighted by Crippen LogP contribution is 2.31. The van der Waals surface area contributed by atoms with E-state index in [4.69, 9.17) is 14.2 Å². The van der Waals surface area contributed by atoms with E-state index in [1.165, 1.54) is 7.11 Å². The van der Waals surface area contributed by atoms with Gasteiger partial charge in [0.15, 0.2) is 11.5 Å². The van der Waals surface area contributed by atoms with Gasteiger partial charge < -0.3 is 24.8 Å². The van der Waals surface area contributed by atoms with E-state index in [9.17, 15) is 9.59 Å². The summed E-state index contributed by atoms with van der Waals surface area (Å²) in [5, 5.41) is 6.21. The monoisotopic (exact) mass is 350 g/mol. The molecule has 7 heteroatoms. The summed E-state index contributed by atoms with van der Waals surface area (Å²) in [6.45, 7) is 1.59. The smallest absolute Gasteiger partial charge is 0.307 e. The zero-order valence-corrected chi connectivity index (χ0v) is 15.0. The Balaban J connectivity index is 2.19. The number of methoxy groups -OCH3 is 3. The summed E-state index contributed by atoms with van der Waals surface area (Å²) in [7, 11) is 4.44. The lowest BCUT2D eigenvalue weighted by molar-refractivity contribution is -0.141. The molecule has 0 spiro atoms. The molecule has 25 heavy (non-hydrogen) atoms. The van der Waals surface area contributed by atoms with Crippen molar-refractivity contribution in [3.63, 3.8) is 0 Å². The zero-order chi connectivity index (χ0) is 18.2. The van der Waals surface area contributed by atoms with Crippen LogP contribution in [0, 0.1) is 5.92 Å². The van der Waals surface area contributed by atoms with Crippen LogP contribution in [0.2, 0.25) is 0 Å². The predicted molar refractivity (Wildman–Crippen MR) is 92.7 cm³/mol. The van der Waals surface area contributed by atoms with Crippen molar-refractivity contribution in [3.05, 3.63) is 23.8 Å². The number of hydrogen-bond acceptors (Lipinski definition) is 6. The highest BCUT2D eigenvalue weighted by molar-refractivity contribution is 5.80. The molecule has 1 heterocycles. The van der Waals surface area contributed by atoms with E-state index in [0.29, 0.717) is 18.0 Å². The SMILES string of the molecule is COC(=O)CC(NC(=O)C1CCCNC1)c1ccc(OC)c(OC)c1. The Morgan fingerprint density at radius 1 is 1.24 bits per heavy atom. The Labute approximate surface area is 148 Å². The molecule has 0 aliphatic carbocycles. The highest BCUT2D eigenvalue weighted by Gasteiger charge is 2.26. The molecule has 138 valence electrons. The molecular formula is C18H26N2O5. The third-order valence-corrected chi connectivity index (χ3v) is 4.39. The van der Waals surface area contributed by atoms with Gasteiger partial charge >= 0.3 is 5.97 Å². The molecule has 1 aliphatic rings. The maximum Gasteiger partial charge on any atom is 0.307 e. The van der Waals surface area contributed by atoms with Crippen molar-refractivity contribution in [3.8, 4) is 11.5 Å². The van der Waals surface area contributed by atoms with Gasteiger partial charge in [-0.05, 0) is 37.1 Å². The summed E-state index contributed by atoms with van der Waals surface area (Å²) in [5.41, 5.74) is 0.764. The summed E-state index contributed by atoms with van der Waals surface area (Å²) in [5.74, 6) is 0.598. The van der Waals surface area contributed by atoms with Crippen LogP contribution in [-0.2, 0) is 14.3 Å². The van der Waals surface area contributed by atoms with Crippen LogP contribution < -0.4 is 20.1 Å². The lowest BCUT2D eigenvalue weighted by Crippen LogP contribution is -2.42. The zero-order valence-electron chi connectivity index (χ0n) is 15.0. The second-order valence-corrected chi connectivity index (χ2v) is 6.00. The van der Waals surface area contributed by atoms with Crippen molar-refractivity contribution >= 4 is 11.9 Å². The first-order valence-corrected chi connectivity index (χ1v) is 8.38. The van der Waals surface area contributed by atoms with E-state index in [-0.39, 0.29) is 24.2 Å². The number of carbonyl (C=O) groups excluding carboxylic acids is 2. The first kappa shape index (κ1) is 19.1. The first-order valence-electron chi connectivity index (χ1n) is 8.38. The first-order chi connectivity index (χ1) is 12.1. The molecule has 0 radical (unpaired) electrons. The van der Waals surface area contributed by atoms with E-state index in [1.54, 1.807) is 26.4 Å². The van der Waals surface area contributed by atoms with Crippen LogP contribution in [0.1, 0.15) is 30.9 Å². The Kier molecular flexibility index (Phi) is 7.06. The number of benzene rings is 1. The molecular weight excluding hydrogens is 324 g/mol. The van der Waals surface area contributed by atoms with E-state index < -0.39 is 6.04 Å². The summed E-state index contributed by atoms with van der Waals surface area (Å²) >= 11 is 0. The fourth-order valence-corrected chi connectivity index (χ4v) is 2.94. The number of ether oxygens (including phenoxy) is 3. The maximum atomic E-state index is 12.6. The van der Waals surface area contributed by atoms with Gasteiger partial charge in [0, 0.05) is 6.54 Å². The van der Waals surface area contributed by atoms with Gasteiger partial charge in [0.05, 0.1) is 39.7 Å². The van der Waals surface area contributed by atoms with Gasteiger partial charge in [0.1, 0.15) is 0 Å². The van der Waals surface area contributed by atoms with Gasteiger partial charge in [0.2, 0.25) is 5.91 Å². The van der Waals surface area contributed by atoms with Crippen molar-refractivity contribution in [2.24, 2.45) is 5.92 Å². The topological polar surface area (TPSA) is 85.9 Å². The molecule has 2 unspecified atom stereocenters. The molecule has 1 aromatic carbocycles. The average molecular weight is 350 g/mol. The third-order valence-electron chi connectivity index (χ3n) is 4.39. The second kappa shape index (κ2) is 9.27. The van der Waals surface area contributed by atoms with Gasteiger partial charge in [-0.1, -0.05) is 6.07 Å². The second-order valence-electron chi connectivity index (χ2n) is 6.00. The van der Waals surface area contributed by atoms with Crippen molar-refractivity contribution < 1.29 is 23.8 Å². The molecule has 2 rings (SSSR count). The van der Waals surface area contributed by atoms with Crippen LogP contribution in [0.25, 0.3) is 0 Å². The number of amides is 1.